The monoisotopic (exact) mass is 365 g/mol. The van der Waals surface area contributed by atoms with E-state index in [9.17, 15) is 4.79 Å². The van der Waals surface area contributed by atoms with E-state index in [2.05, 4.69) is 48.1 Å². The number of piperazine rings is 1. The number of ketones is 1. The van der Waals surface area contributed by atoms with Gasteiger partial charge in [0.15, 0.2) is 5.78 Å². The van der Waals surface area contributed by atoms with E-state index in [1.807, 2.05) is 12.1 Å². The molecule has 1 N–H and O–H groups in total. The van der Waals surface area contributed by atoms with Crippen LogP contribution in [-0.4, -0.2) is 53.9 Å². The van der Waals surface area contributed by atoms with Gasteiger partial charge in [0.1, 0.15) is 5.82 Å². The Morgan fingerprint density at radius 2 is 1.74 bits per heavy atom. The van der Waals surface area contributed by atoms with E-state index in [-0.39, 0.29) is 5.78 Å². The van der Waals surface area contributed by atoms with Gasteiger partial charge in [-0.15, -0.1) is 0 Å². The number of rotatable bonds is 3. The Labute approximate surface area is 160 Å². The van der Waals surface area contributed by atoms with Crippen LogP contribution in [0.4, 0.5) is 17.5 Å². The maximum absolute atomic E-state index is 12.8. The predicted molar refractivity (Wildman–Crippen MR) is 108 cm³/mol. The molecule has 1 aliphatic carbocycles. The smallest absolute Gasteiger partial charge is 0.227 e. The molecular weight excluding hydrogens is 338 g/mol. The molecule has 4 rings (SSSR count). The van der Waals surface area contributed by atoms with Crippen molar-refractivity contribution in [2.24, 2.45) is 5.92 Å². The van der Waals surface area contributed by atoms with Crippen LogP contribution in [0.1, 0.15) is 35.0 Å². The molecule has 2 aromatic rings. The maximum atomic E-state index is 12.8. The molecule has 6 heteroatoms. The third-order valence-electron chi connectivity index (χ3n) is 5.43. The van der Waals surface area contributed by atoms with Gasteiger partial charge in [0.25, 0.3) is 0 Å². The van der Waals surface area contributed by atoms with Crippen molar-refractivity contribution in [1.82, 2.24) is 14.9 Å². The van der Waals surface area contributed by atoms with Crippen molar-refractivity contribution in [3.63, 3.8) is 0 Å². The second-order valence-corrected chi connectivity index (χ2v) is 7.91. The minimum Gasteiger partial charge on any atom is -0.339 e. The zero-order valence-electron chi connectivity index (χ0n) is 16.3. The molecule has 1 fully saturated rings. The summed E-state index contributed by atoms with van der Waals surface area (Å²) in [6.07, 6.45) is 1.39. The number of likely N-dealkylation sites (N-methyl/N-ethyl adjacent to an activating group) is 1. The molecule has 142 valence electrons. The lowest BCUT2D eigenvalue weighted by Crippen LogP contribution is -2.45. The maximum Gasteiger partial charge on any atom is 0.227 e. The number of nitrogens with one attached hydrogen (secondary N) is 1. The molecule has 2 aliphatic rings. The molecule has 1 aliphatic heterocycles. The standard InChI is InChI=1S/C21H27N5O/c1-14-4-6-16(7-5-14)22-20-19-17(12-15(2)13-18(19)27)23-21(24-20)26-10-8-25(3)9-11-26/h4-7,15H,8-13H2,1-3H3,(H,22,23,24). The summed E-state index contributed by atoms with van der Waals surface area (Å²) < 4.78 is 0. The van der Waals surface area contributed by atoms with Crippen LogP contribution in [0.5, 0.6) is 0 Å². The van der Waals surface area contributed by atoms with Crippen molar-refractivity contribution in [1.29, 1.82) is 0 Å². The molecule has 0 bridgehead atoms. The highest BCUT2D eigenvalue weighted by Gasteiger charge is 2.29. The molecule has 0 saturated carbocycles. The Morgan fingerprint density at radius 1 is 1.04 bits per heavy atom. The van der Waals surface area contributed by atoms with E-state index < -0.39 is 0 Å². The summed E-state index contributed by atoms with van der Waals surface area (Å²) in [6, 6.07) is 8.16. The highest BCUT2D eigenvalue weighted by atomic mass is 16.1. The number of anilines is 3. The van der Waals surface area contributed by atoms with Gasteiger partial charge in [-0.05, 0) is 38.4 Å². The van der Waals surface area contributed by atoms with Crippen LogP contribution in [0.3, 0.4) is 0 Å². The van der Waals surface area contributed by atoms with Crippen LogP contribution >= 0.6 is 0 Å². The molecule has 27 heavy (non-hydrogen) atoms. The number of aromatic nitrogens is 2. The summed E-state index contributed by atoms with van der Waals surface area (Å²) in [5.74, 6) is 1.85. The fraction of sp³-hybridized carbons (Fsp3) is 0.476. The van der Waals surface area contributed by atoms with E-state index >= 15 is 0 Å². The van der Waals surface area contributed by atoms with Gasteiger partial charge in [-0.2, -0.15) is 4.98 Å². The van der Waals surface area contributed by atoms with Crippen molar-refractivity contribution < 1.29 is 4.79 Å². The van der Waals surface area contributed by atoms with Crippen LogP contribution in [0.25, 0.3) is 0 Å². The first-order chi connectivity index (χ1) is 13.0. The lowest BCUT2D eigenvalue weighted by atomic mass is 9.87. The molecule has 1 aromatic carbocycles. The van der Waals surface area contributed by atoms with Crippen molar-refractivity contribution in [2.45, 2.75) is 26.7 Å². The fourth-order valence-electron chi connectivity index (χ4n) is 3.77. The fourth-order valence-corrected chi connectivity index (χ4v) is 3.77. The lowest BCUT2D eigenvalue weighted by molar-refractivity contribution is 0.0952. The van der Waals surface area contributed by atoms with Gasteiger partial charge in [0.2, 0.25) is 5.95 Å². The van der Waals surface area contributed by atoms with Gasteiger partial charge in [-0.25, -0.2) is 4.98 Å². The average Bonchev–Trinajstić information content (AvgIpc) is 2.63. The second-order valence-electron chi connectivity index (χ2n) is 7.91. The first-order valence-electron chi connectivity index (χ1n) is 9.71. The van der Waals surface area contributed by atoms with E-state index in [1.54, 1.807) is 0 Å². The summed E-state index contributed by atoms with van der Waals surface area (Å²) in [7, 11) is 2.13. The van der Waals surface area contributed by atoms with Gasteiger partial charge in [-0.3, -0.25) is 4.79 Å². The van der Waals surface area contributed by atoms with Gasteiger partial charge < -0.3 is 15.1 Å². The van der Waals surface area contributed by atoms with Crippen molar-refractivity contribution in [3.05, 3.63) is 41.1 Å². The van der Waals surface area contributed by atoms with Gasteiger partial charge in [0.05, 0.1) is 11.3 Å². The Hall–Kier alpha value is -2.47. The van der Waals surface area contributed by atoms with E-state index in [0.717, 1.165) is 49.9 Å². The molecule has 0 radical (unpaired) electrons. The molecule has 1 saturated heterocycles. The van der Waals surface area contributed by atoms with Crippen molar-refractivity contribution in [3.8, 4) is 0 Å². The Balaban J connectivity index is 1.73. The van der Waals surface area contributed by atoms with Crippen LogP contribution in [0.15, 0.2) is 24.3 Å². The number of hydrogen-bond acceptors (Lipinski definition) is 6. The molecule has 1 atom stereocenters. The van der Waals surface area contributed by atoms with Crippen LogP contribution in [0, 0.1) is 12.8 Å². The van der Waals surface area contributed by atoms with Crippen LogP contribution < -0.4 is 10.2 Å². The van der Waals surface area contributed by atoms with Gasteiger partial charge >= 0.3 is 0 Å². The SMILES string of the molecule is Cc1ccc(Nc2nc(N3CCN(C)CC3)nc3c2C(=O)CC(C)C3)cc1. The minimum absolute atomic E-state index is 0.142. The van der Waals surface area contributed by atoms with Crippen molar-refractivity contribution >= 4 is 23.2 Å². The zero-order chi connectivity index (χ0) is 19.0. The summed E-state index contributed by atoms with van der Waals surface area (Å²) in [6.45, 7) is 7.98. The number of aryl methyl sites for hydroxylation is 1. The number of nitrogens with zero attached hydrogens (tertiary/aromatic N) is 4. The first-order valence-corrected chi connectivity index (χ1v) is 9.71. The third-order valence-corrected chi connectivity index (χ3v) is 5.43. The van der Waals surface area contributed by atoms with E-state index in [0.29, 0.717) is 23.7 Å². The molecule has 1 aromatic heterocycles. The minimum atomic E-state index is 0.142. The Kier molecular flexibility index (Phi) is 4.83. The summed E-state index contributed by atoms with van der Waals surface area (Å²) >= 11 is 0. The molecule has 0 amide bonds. The normalized spacial score (nSPS) is 20.5. The second kappa shape index (κ2) is 7.27. The Morgan fingerprint density at radius 3 is 2.44 bits per heavy atom. The van der Waals surface area contributed by atoms with Crippen LogP contribution in [0.2, 0.25) is 0 Å². The summed E-state index contributed by atoms with van der Waals surface area (Å²) in [5.41, 5.74) is 3.70. The zero-order valence-corrected chi connectivity index (χ0v) is 16.3. The summed E-state index contributed by atoms with van der Waals surface area (Å²) in [4.78, 5) is 26.9. The topological polar surface area (TPSA) is 61.4 Å². The molecule has 0 spiro atoms. The molecule has 1 unspecified atom stereocenters. The lowest BCUT2D eigenvalue weighted by Gasteiger charge is -2.33. The van der Waals surface area contributed by atoms with Crippen LogP contribution in [-0.2, 0) is 6.42 Å². The first kappa shape index (κ1) is 17.9. The third kappa shape index (κ3) is 3.81. The number of hydrogen-bond donors (Lipinski definition) is 1. The molecular formula is C21H27N5O. The van der Waals surface area contributed by atoms with E-state index in [1.165, 1.54) is 5.56 Å². The number of carbonyl (C=O) groups excluding carboxylic acids is 1. The number of Topliss-reactive ketones (excluding diaryl/α,β-unsaturated/α-hetero) is 1. The highest BCUT2D eigenvalue weighted by molar-refractivity contribution is 6.03. The van der Waals surface area contributed by atoms with E-state index in [4.69, 9.17) is 9.97 Å². The largest absolute Gasteiger partial charge is 0.339 e. The number of fused-ring (bicyclic) bond motifs is 1. The Bertz CT molecular complexity index is 840. The highest BCUT2D eigenvalue weighted by Crippen LogP contribution is 2.32. The number of carbonyl (C=O) groups is 1. The summed E-state index contributed by atoms with van der Waals surface area (Å²) in [5, 5.41) is 3.38. The van der Waals surface area contributed by atoms with Gasteiger partial charge in [-0.1, -0.05) is 24.6 Å². The quantitative estimate of drug-likeness (QED) is 0.902. The van der Waals surface area contributed by atoms with Crippen molar-refractivity contribution in [2.75, 3.05) is 43.4 Å². The average molecular weight is 365 g/mol. The predicted octanol–water partition coefficient (Wildman–Crippen LogP) is 3.05. The number of benzene rings is 1. The molecule has 2 heterocycles. The molecule has 6 nitrogen and oxygen atoms in total. The van der Waals surface area contributed by atoms with Gasteiger partial charge in [0, 0.05) is 38.3 Å².